The molecule has 2 aliphatic rings. The highest BCUT2D eigenvalue weighted by atomic mass is 35.5. The van der Waals surface area contributed by atoms with Crippen molar-refractivity contribution in [1.82, 2.24) is 10.2 Å². The number of halogens is 1. The Kier molecular flexibility index (Phi) is 5.26. The molecule has 100 valence electrons. The summed E-state index contributed by atoms with van der Waals surface area (Å²) in [5.74, 6) is 1.19. The number of amides is 1. The van der Waals surface area contributed by atoms with E-state index < -0.39 is 0 Å². The maximum Gasteiger partial charge on any atom is 0.228 e. The average Bonchev–Trinajstić information content (AvgIpc) is 2.26. The van der Waals surface area contributed by atoms with Crippen LogP contribution in [-0.2, 0) is 4.79 Å². The second-order valence-electron chi connectivity index (χ2n) is 5.71. The third-order valence-electron chi connectivity index (χ3n) is 4.37. The molecule has 1 N–H and O–H groups in total. The van der Waals surface area contributed by atoms with Crippen LogP contribution in [0.3, 0.4) is 0 Å². The van der Waals surface area contributed by atoms with Gasteiger partial charge in [-0.05, 0) is 45.2 Å². The first-order valence-electron chi connectivity index (χ1n) is 6.60. The average molecular weight is 261 g/mol. The molecule has 0 spiro atoms. The van der Waals surface area contributed by atoms with Gasteiger partial charge in [-0.3, -0.25) is 4.79 Å². The minimum atomic E-state index is -0.00412. The van der Waals surface area contributed by atoms with Crippen molar-refractivity contribution in [2.45, 2.75) is 39.0 Å². The number of carbonyl (C=O) groups excluding carboxylic acids is 1. The van der Waals surface area contributed by atoms with E-state index >= 15 is 0 Å². The molecule has 2 rings (SSSR count). The SMILES string of the molecule is CNCC1CCN(C(=O)C2(C)CCC2)CC1.Cl. The summed E-state index contributed by atoms with van der Waals surface area (Å²) in [5, 5.41) is 3.23. The Labute approximate surface area is 111 Å². The van der Waals surface area contributed by atoms with Crippen LogP contribution in [-0.4, -0.2) is 37.5 Å². The monoisotopic (exact) mass is 260 g/mol. The molecule has 1 aliphatic heterocycles. The maximum atomic E-state index is 12.3. The lowest BCUT2D eigenvalue weighted by Gasteiger charge is -2.43. The van der Waals surface area contributed by atoms with Gasteiger partial charge in [0, 0.05) is 18.5 Å². The smallest absolute Gasteiger partial charge is 0.228 e. The van der Waals surface area contributed by atoms with Gasteiger partial charge in [0.25, 0.3) is 0 Å². The predicted molar refractivity (Wildman–Crippen MR) is 72.4 cm³/mol. The molecule has 1 saturated heterocycles. The third kappa shape index (κ3) is 3.14. The molecular formula is C13H25ClN2O. The highest BCUT2D eigenvalue weighted by Crippen LogP contribution is 2.42. The number of hydrogen-bond donors (Lipinski definition) is 1. The van der Waals surface area contributed by atoms with Crippen LogP contribution in [0.4, 0.5) is 0 Å². The molecule has 17 heavy (non-hydrogen) atoms. The predicted octanol–water partition coefficient (Wildman–Crippen LogP) is 2.06. The van der Waals surface area contributed by atoms with Gasteiger partial charge in [0.15, 0.2) is 0 Å². The van der Waals surface area contributed by atoms with E-state index in [1.165, 1.54) is 19.3 Å². The summed E-state index contributed by atoms with van der Waals surface area (Å²) in [6, 6.07) is 0. The van der Waals surface area contributed by atoms with Gasteiger partial charge in [-0.25, -0.2) is 0 Å². The van der Waals surface area contributed by atoms with Gasteiger partial charge in [-0.2, -0.15) is 0 Å². The fraction of sp³-hybridized carbons (Fsp3) is 0.923. The summed E-state index contributed by atoms with van der Waals surface area (Å²) in [7, 11) is 2.01. The van der Waals surface area contributed by atoms with Crippen molar-refractivity contribution in [3.63, 3.8) is 0 Å². The molecule has 2 fully saturated rings. The summed E-state index contributed by atoms with van der Waals surface area (Å²) in [6.07, 6.45) is 5.77. The van der Waals surface area contributed by atoms with E-state index in [1.54, 1.807) is 0 Å². The molecule has 0 radical (unpaired) electrons. The fourth-order valence-corrected chi connectivity index (χ4v) is 2.93. The van der Waals surface area contributed by atoms with E-state index in [2.05, 4.69) is 17.1 Å². The van der Waals surface area contributed by atoms with Crippen molar-refractivity contribution in [3.8, 4) is 0 Å². The first-order valence-corrected chi connectivity index (χ1v) is 6.60. The number of likely N-dealkylation sites (tertiary alicyclic amines) is 1. The Morgan fingerprint density at radius 1 is 1.35 bits per heavy atom. The first-order chi connectivity index (χ1) is 7.65. The Bertz CT molecular complexity index is 258. The third-order valence-corrected chi connectivity index (χ3v) is 4.37. The van der Waals surface area contributed by atoms with E-state index in [9.17, 15) is 4.79 Å². The molecular weight excluding hydrogens is 236 g/mol. The van der Waals surface area contributed by atoms with Crippen LogP contribution in [0.1, 0.15) is 39.0 Å². The van der Waals surface area contributed by atoms with Gasteiger partial charge < -0.3 is 10.2 Å². The van der Waals surface area contributed by atoms with Crippen molar-refractivity contribution in [3.05, 3.63) is 0 Å². The van der Waals surface area contributed by atoms with Crippen molar-refractivity contribution in [1.29, 1.82) is 0 Å². The molecule has 3 nitrogen and oxygen atoms in total. The normalized spacial score (nSPS) is 23.8. The van der Waals surface area contributed by atoms with Crippen molar-refractivity contribution < 1.29 is 4.79 Å². The summed E-state index contributed by atoms with van der Waals surface area (Å²) in [5.41, 5.74) is -0.00412. The lowest BCUT2D eigenvalue weighted by atomic mass is 9.69. The highest BCUT2D eigenvalue weighted by Gasteiger charge is 2.42. The van der Waals surface area contributed by atoms with E-state index in [0.29, 0.717) is 5.91 Å². The van der Waals surface area contributed by atoms with Crippen molar-refractivity contribution >= 4 is 18.3 Å². The van der Waals surface area contributed by atoms with Gasteiger partial charge in [0.05, 0.1) is 0 Å². The van der Waals surface area contributed by atoms with Crippen molar-refractivity contribution in [2.24, 2.45) is 11.3 Å². The lowest BCUT2D eigenvalue weighted by molar-refractivity contribution is -0.147. The van der Waals surface area contributed by atoms with Gasteiger partial charge in [-0.15, -0.1) is 12.4 Å². The number of hydrogen-bond acceptors (Lipinski definition) is 2. The molecule has 0 bridgehead atoms. The minimum Gasteiger partial charge on any atom is -0.342 e. The molecule has 0 aromatic carbocycles. The summed E-state index contributed by atoms with van der Waals surface area (Å²) >= 11 is 0. The second-order valence-corrected chi connectivity index (χ2v) is 5.71. The zero-order valence-corrected chi connectivity index (χ0v) is 11.8. The van der Waals surface area contributed by atoms with Gasteiger partial charge in [-0.1, -0.05) is 13.3 Å². The quantitative estimate of drug-likeness (QED) is 0.843. The van der Waals surface area contributed by atoms with Crippen LogP contribution in [0.15, 0.2) is 0 Å². The van der Waals surface area contributed by atoms with E-state index in [-0.39, 0.29) is 17.8 Å². The standard InChI is InChI=1S/C13H24N2O.ClH/c1-13(6-3-7-13)12(16)15-8-4-11(5-9-15)10-14-2;/h11,14H,3-10H2,1-2H3;1H. The largest absolute Gasteiger partial charge is 0.342 e. The number of nitrogens with zero attached hydrogens (tertiary/aromatic N) is 1. The molecule has 1 heterocycles. The van der Waals surface area contributed by atoms with E-state index in [1.807, 2.05) is 7.05 Å². The number of nitrogens with one attached hydrogen (secondary N) is 1. The Morgan fingerprint density at radius 2 is 1.94 bits per heavy atom. The van der Waals surface area contributed by atoms with Crippen molar-refractivity contribution in [2.75, 3.05) is 26.7 Å². The zero-order valence-electron chi connectivity index (χ0n) is 11.0. The first kappa shape index (κ1) is 14.8. The van der Waals surface area contributed by atoms with Crippen LogP contribution in [0.25, 0.3) is 0 Å². The Balaban J connectivity index is 0.00000144. The number of piperidine rings is 1. The topological polar surface area (TPSA) is 32.3 Å². The molecule has 1 saturated carbocycles. The summed E-state index contributed by atoms with van der Waals surface area (Å²) < 4.78 is 0. The minimum absolute atomic E-state index is 0. The van der Waals surface area contributed by atoms with Crippen LogP contribution in [0, 0.1) is 11.3 Å². The van der Waals surface area contributed by atoms with Gasteiger partial charge >= 0.3 is 0 Å². The molecule has 0 atom stereocenters. The molecule has 4 heteroatoms. The lowest BCUT2D eigenvalue weighted by Crippen LogP contribution is -2.49. The Hall–Kier alpha value is -0.280. The number of rotatable bonds is 3. The van der Waals surface area contributed by atoms with E-state index in [0.717, 1.165) is 38.4 Å². The second kappa shape index (κ2) is 6.05. The maximum absolute atomic E-state index is 12.3. The van der Waals surface area contributed by atoms with Gasteiger partial charge in [0.2, 0.25) is 5.91 Å². The summed E-state index contributed by atoms with van der Waals surface area (Å²) in [6.45, 7) is 5.18. The molecule has 0 unspecified atom stereocenters. The van der Waals surface area contributed by atoms with Crippen LogP contribution in [0.5, 0.6) is 0 Å². The zero-order chi connectivity index (χ0) is 11.6. The van der Waals surface area contributed by atoms with Crippen LogP contribution >= 0.6 is 12.4 Å². The van der Waals surface area contributed by atoms with Crippen LogP contribution < -0.4 is 5.32 Å². The molecule has 1 amide bonds. The van der Waals surface area contributed by atoms with Gasteiger partial charge in [0.1, 0.15) is 0 Å². The van der Waals surface area contributed by atoms with Crippen LogP contribution in [0.2, 0.25) is 0 Å². The van der Waals surface area contributed by atoms with E-state index in [4.69, 9.17) is 0 Å². The summed E-state index contributed by atoms with van der Waals surface area (Å²) in [4.78, 5) is 14.4. The molecule has 0 aromatic rings. The number of carbonyl (C=O) groups is 1. The fourth-order valence-electron chi connectivity index (χ4n) is 2.93. The molecule has 0 aromatic heterocycles. The molecule has 1 aliphatic carbocycles. The highest BCUT2D eigenvalue weighted by molar-refractivity contribution is 5.85. The Morgan fingerprint density at radius 3 is 2.35 bits per heavy atom.